The van der Waals surface area contributed by atoms with Crippen LogP contribution in [0.25, 0.3) is 0 Å². The lowest BCUT2D eigenvalue weighted by atomic mass is 9.94. The molecule has 0 spiro atoms. The molecule has 1 fully saturated rings. The molecule has 2 amide bonds. The molecule has 1 aliphatic carbocycles. The standard InChI is InChI=1S/C13H25N3O2/c1-3-16(9-12(17)15-2)13(18)10-7-5-4-6-8-11(10)14/h10-11H,3-9,14H2,1-2H3,(H,15,17). The highest BCUT2D eigenvalue weighted by molar-refractivity contribution is 5.86. The fourth-order valence-electron chi connectivity index (χ4n) is 2.48. The minimum absolute atomic E-state index is 0.0375. The average Bonchev–Trinajstić information content (AvgIpc) is 2.59. The topological polar surface area (TPSA) is 75.4 Å². The summed E-state index contributed by atoms with van der Waals surface area (Å²) in [6.07, 6.45) is 5.07. The summed E-state index contributed by atoms with van der Waals surface area (Å²) >= 11 is 0. The third-order valence-corrected chi connectivity index (χ3v) is 3.69. The van der Waals surface area contributed by atoms with Gasteiger partial charge in [-0.05, 0) is 19.8 Å². The van der Waals surface area contributed by atoms with Crippen LogP contribution in [0.15, 0.2) is 0 Å². The van der Waals surface area contributed by atoms with Crippen LogP contribution in [-0.2, 0) is 9.59 Å². The molecule has 0 bridgehead atoms. The van der Waals surface area contributed by atoms with Crippen molar-refractivity contribution in [2.75, 3.05) is 20.1 Å². The molecular formula is C13H25N3O2. The van der Waals surface area contributed by atoms with E-state index in [4.69, 9.17) is 5.73 Å². The number of rotatable bonds is 4. The number of carbonyl (C=O) groups is 2. The third kappa shape index (κ3) is 3.98. The van der Waals surface area contributed by atoms with Gasteiger partial charge in [0.1, 0.15) is 0 Å². The summed E-state index contributed by atoms with van der Waals surface area (Å²) < 4.78 is 0. The molecule has 1 rings (SSSR count). The highest BCUT2D eigenvalue weighted by Gasteiger charge is 2.30. The molecule has 0 aromatic rings. The molecule has 2 unspecified atom stereocenters. The highest BCUT2D eigenvalue weighted by Crippen LogP contribution is 2.23. The zero-order chi connectivity index (χ0) is 13.5. The average molecular weight is 255 g/mol. The fourth-order valence-corrected chi connectivity index (χ4v) is 2.48. The minimum atomic E-state index is -0.132. The zero-order valence-corrected chi connectivity index (χ0v) is 11.4. The molecule has 0 radical (unpaired) electrons. The van der Waals surface area contributed by atoms with Gasteiger partial charge in [0.2, 0.25) is 11.8 Å². The molecule has 1 saturated carbocycles. The molecule has 1 aliphatic rings. The van der Waals surface area contributed by atoms with E-state index in [1.807, 2.05) is 6.92 Å². The third-order valence-electron chi connectivity index (χ3n) is 3.69. The number of hydrogen-bond donors (Lipinski definition) is 2. The van der Waals surface area contributed by atoms with Crippen molar-refractivity contribution in [2.45, 2.75) is 45.1 Å². The summed E-state index contributed by atoms with van der Waals surface area (Å²) in [5, 5.41) is 2.55. The minimum Gasteiger partial charge on any atom is -0.358 e. The van der Waals surface area contributed by atoms with E-state index in [-0.39, 0.29) is 30.3 Å². The van der Waals surface area contributed by atoms with Crippen LogP contribution in [0.5, 0.6) is 0 Å². The van der Waals surface area contributed by atoms with Crippen molar-refractivity contribution in [1.82, 2.24) is 10.2 Å². The number of nitrogens with zero attached hydrogens (tertiary/aromatic N) is 1. The first-order valence-corrected chi connectivity index (χ1v) is 6.85. The first-order valence-electron chi connectivity index (χ1n) is 6.85. The van der Waals surface area contributed by atoms with Gasteiger partial charge in [0.25, 0.3) is 0 Å². The van der Waals surface area contributed by atoms with Gasteiger partial charge in [0.15, 0.2) is 0 Å². The monoisotopic (exact) mass is 255 g/mol. The Morgan fingerprint density at radius 1 is 1.28 bits per heavy atom. The van der Waals surface area contributed by atoms with Gasteiger partial charge in [0.05, 0.1) is 12.5 Å². The van der Waals surface area contributed by atoms with Crippen LogP contribution in [0.2, 0.25) is 0 Å². The Hall–Kier alpha value is -1.10. The molecule has 104 valence electrons. The SMILES string of the molecule is CCN(CC(=O)NC)C(=O)C1CCCCCC1N. The van der Waals surface area contributed by atoms with Crippen LogP contribution in [0.1, 0.15) is 39.0 Å². The van der Waals surface area contributed by atoms with E-state index in [0.717, 1.165) is 32.1 Å². The molecule has 0 aromatic carbocycles. The number of amides is 2. The van der Waals surface area contributed by atoms with Crippen molar-refractivity contribution >= 4 is 11.8 Å². The van der Waals surface area contributed by atoms with Crippen molar-refractivity contribution in [3.8, 4) is 0 Å². The van der Waals surface area contributed by atoms with Crippen LogP contribution in [-0.4, -0.2) is 42.9 Å². The molecule has 5 heteroatoms. The predicted octanol–water partition coefficient (Wildman–Crippen LogP) is 0.489. The maximum Gasteiger partial charge on any atom is 0.239 e. The zero-order valence-electron chi connectivity index (χ0n) is 11.4. The fraction of sp³-hybridized carbons (Fsp3) is 0.846. The summed E-state index contributed by atoms with van der Waals surface area (Å²) in [7, 11) is 1.58. The van der Waals surface area contributed by atoms with E-state index in [1.54, 1.807) is 11.9 Å². The van der Waals surface area contributed by atoms with Gasteiger partial charge in [-0.2, -0.15) is 0 Å². The van der Waals surface area contributed by atoms with E-state index in [1.165, 1.54) is 0 Å². The molecule has 0 heterocycles. The smallest absolute Gasteiger partial charge is 0.239 e. The summed E-state index contributed by atoms with van der Waals surface area (Å²) in [5.74, 6) is -0.208. The Balaban J connectivity index is 2.66. The Morgan fingerprint density at radius 3 is 2.56 bits per heavy atom. The van der Waals surface area contributed by atoms with Crippen molar-refractivity contribution < 1.29 is 9.59 Å². The second-order valence-corrected chi connectivity index (χ2v) is 4.93. The summed E-state index contributed by atoms with van der Waals surface area (Å²) in [6, 6.07) is -0.0567. The predicted molar refractivity (Wildman–Crippen MR) is 70.9 cm³/mol. The lowest BCUT2D eigenvalue weighted by Gasteiger charge is -2.28. The molecule has 2 atom stereocenters. The highest BCUT2D eigenvalue weighted by atomic mass is 16.2. The van der Waals surface area contributed by atoms with Crippen LogP contribution in [0.4, 0.5) is 0 Å². The Kier molecular flexibility index (Phi) is 6.12. The summed E-state index contributed by atoms with van der Waals surface area (Å²) in [5.41, 5.74) is 6.09. The lowest BCUT2D eigenvalue weighted by Crippen LogP contribution is -2.47. The van der Waals surface area contributed by atoms with E-state index < -0.39 is 0 Å². The van der Waals surface area contributed by atoms with Crippen molar-refractivity contribution in [2.24, 2.45) is 11.7 Å². The van der Waals surface area contributed by atoms with Gasteiger partial charge < -0.3 is 16.0 Å². The van der Waals surface area contributed by atoms with Crippen molar-refractivity contribution in [3.63, 3.8) is 0 Å². The molecule has 0 aliphatic heterocycles. The number of likely N-dealkylation sites (N-methyl/N-ethyl adjacent to an activating group) is 2. The second-order valence-electron chi connectivity index (χ2n) is 4.93. The van der Waals surface area contributed by atoms with Gasteiger partial charge >= 0.3 is 0 Å². The first-order chi connectivity index (χ1) is 8.60. The largest absolute Gasteiger partial charge is 0.358 e. The summed E-state index contributed by atoms with van der Waals surface area (Å²) in [6.45, 7) is 2.58. The summed E-state index contributed by atoms with van der Waals surface area (Å²) in [4.78, 5) is 25.4. The second kappa shape index (κ2) is 7.36. The maximum absolute atomic E-state index is 12.4. The Labute approximate surface area is 109 Å². The van der Waals surface area contributed by atoms with Crippen LogP contribution in [0, 0.1) is 5.92 Å². The lowest BCUT2D eigenvalue weighted by molar-refractivity contribution is -0.139. The molecular weight excluding hydrogens is 230 g/mol. The van der Waals surface area contributed by atoms with Gasteiger partial charge in [-0.15, -0.1) is 0 Å². The molecule has 5 nitrogen and oxygen atoms in total. The van der Waals surface area contributed by atoms with E-state index >= 15 is 0 Å². The maximum atomic E-state index is 12.4. The number of carbonyl (C=O) groups excluding carboxylic acids is 2. The van der Waals surface area contributed by atoms with E-state index in [0.29, 0.717) is 6.54 Å². The Morgan fingerprint density at radius 2 is 1.94 bits per heavy atom. The van der Waals surface area contributed by atoms with Crippen LogP contribution in [0.3, 0.4) is 0 Å². The molecule has 0 aromatic heterocycles. The quantitative estimate of drug-likeness (QED) is 0.718. The van der Waals surface area contributed by atoms with E-state index in [2.05, 4.69) is 5.32 Å². The van der Waals surface area contributed by atoms with E-state index in [9.17, 15) is 9.59 Å². The molecule has 18 heavy (non-hydrogen) atoms. The van der Waals surface area contributed by atoms with Gasteiger partial charge in [-0.1, -0.05) is 19.3 Å². The normalized spacial score (nSPS) is 24.2. The molecule has 3 N–H and O–H groups in total. The van der Waals surface area contributed by atoms with Crippen molar-refractivity contribution in [3.05, 3.63) is 0 Å². The van der Waals surface area contributed by atoms with Gasteiger partial charge in [-0.3, -0.25) is 9.59 Å². The Bertz CT molecular complexity index is 294. The number of nitrogens with two attached hydrogens (primary N) is 1. The van der Waals surface area contributed by atoms with Gasteiger partial charge in [0, 0.05) is 19.6 Å². The van der Waals surface area contributed by atoms with Crippen molar-refractivity contribution in [1.29, 1.82) is 0 Å². The van der Waals surface area contributed by atoms with Crippen LogP contribution >= 0.6 is 0 Å². The molecule has 0 saturated heterocycles. The first kappa shape index (κ1) is 15.0. The number of hydrogen-bond acceptors (Lipinski definition) is 3. The van der Waals surface area contributed by atoms with Crippen LogP contribution < -0.4 is 11.1 Å². The number of nitrogens with one attached hydrogen (secondary N) is 1. The van der Waals surface area contributed by atoms with Gasteiger partial charge in [-0.25, -0.2) is 0 Å².